The Labute approximate surface area is 131 Å². The Balaban J connectivity index is 1.88. The molecule has 1 heterocycles. The fourth-order valence-corrected chi connectivity index (χ4v) is 2.75. The number of hydrogen-bond acceptors (Lipinski definition) is 4. The quantitative estimate of drug-likeness (QED) is 0.716. The van der Waals surface area contributed by atoms with Crippen molar-refractivity contribution in [3.8, 4) is 0 Å². The SMILES string of the molecule is CNCC(=O)Nc1ccc(CN2CCCC(C(N)=O)C2)cc1. The molecule has 2 amide bonds. The van der Waals surface area contributed by atoms with Gasteiger partial charge in [-0.3, -0.25) is 14.5 Å². The lowest BCUT2D eigenvalue weighted by molar-refractivity contribution is -0.123. The van der Waals surface area contributed by atoms with Crippen molar-refractivity contribution >= 4 is 17.5 Å². The van der Waals surface area contributed by atoms with E-state index >= 15 is 0 Å². The Morgan fingerprint density at radius 2 is 2.05 bits per heavy atom. The second kappa shape index (κ2) is 7.91. The zero-order valence-corrected chi connectivity index (χ0v) is 13.0. The largest absolute Gasteiger partial charge is 0.369 e. The molecule has 0 spiro atoms. The fraction of sp³-hybridized carbons (Fsp3) is 0.500. The number of likely N-dealkylation sites (tertiary alicyclic amines) is 1. The van der Waals surface area contributed by atoms with E-state index in [0.717, 1.165) is 43.7 Å². The van der Waals surface area contributed by atoms with Crippen LogP contribution in [0.15, 0.2) is 24.3 Å². The van der Waals surface area contributed by atoms with Gasteiger partial charge < -0.3 is 16.4 Å². The van der Waals surface area contributed by atoms with Gasteiger partial charge in [-0.25, -0.2) is 0 Å². The van der Waals surface area contributed by atoms with Gasteiger partial charge in [0.05, 0.1) is 12.5 Å². The molecular weight excluding hydrogens is 280 g/mol. The first kappa shape index (κ1) is 16.5. The molecule has 1 atom stereocenters. The van der Waals surface area contributed by atoms with Gasteiger partial charge in [-0.1, -0.05) is 12.1 Å². The second-order valence-electron chi connectivity index (χ2n) is 5.75. The third-order valence-electron chi connectivity index (χ3n) is 3.89. The zero-order chi connectivity index (χ0) is 15.9. The predicted octanol–water partition coefficient (Wildman–Crippen LogP) is 0.542. The minimum absolute atomic E-state index is 0.0335. The first-order chi connectivity index (χ1) is 10.6. The van der Waals surface area contributed by atoms with Crippen molar-refractivity contribution in [3.63, 3.8) is 0 Å². The van der Waals surface area contributed by atoms with Crippen LogP contribution in [0.2, 0.25) is 0 Å². The molecule has 2 rings (SSSR count). The molecule has 0 radical (unpaired) electrons. The first-order valence-electron chi connectivity index (χ1n) is 7.63. The van der Waals surface area contributed by atoms with Crippen molar-refractivity contribution < 1.29 is 9.59 Å². The topological polar surface area (TPSA) is 87.5 Å². The lowest BCUT2D eigenvalue weighted by Crippen LogP contribution is -2.40. The molecule has 0 aliphatic carbocycles. The van der Waals surface area contributed by atoms with E-state index in [4.69, 9.17) is 5.73 Å². The van der Waals surface area contributed by atoms with Crippen LogP contribution in [-0.4, -0.2) is 43.4 Å². The summed E-state index contributed by atoms with van der Waals surface area (Å²) in [5.41, 5.74) is 7.36. The summed E-state index contributed by atoms with van der Waals surface area (Å²) in [7, 11) is 1.74. The maximum Gasteiger partial charge on any atom is 0.238 e. The fourth-order valence-electron chi connectivity index (χ4n) is 2.75. The van der Waals surface area contributed by atoms with Crippen LogP contribution >= 0.6 is 0 Å². The molecule has 1 saturated heterocycles. The summed E-state index contributed by atoms with van der Waals surface area (Å²) < 4.78 is 0. The van der Waals surface area contributed by atoms with Crippen LogP contribution in [0.1, 0.15) is 18.4 Å². The Hall–Kier alpha value is -1.92. The van der Waals surface area contributed by atoms with E-state index in [1.54, 1.807) is 7.05 Å². The van der Waals surface area contributed by atoms with Gasteiger partial charge in [-0.2, -0.15) is 0 Å². The number of rotatable bonds is 6. The second-order valence-corrected chi connectivity index (χ2v) is 5.75. The van der Waals surface area contributed by atoms with Gasteiger partial charge >= 0.3 is 0 Å². The molecule has 4 N–H and O–H groups in total. The van der Waals surface area contributed by atoms with Crippen LogP contribution < -0.4 is 16.4 Å². The molecule has 22 heavy (non-hydrogen) atoms. The summed E-state index contributed by atoms with van der Waals surface area (Å²) in [6.07, 6.45) is 1.90. The monoisotopic (exact) mass is 304 g/mol. The van der Waals surface area contributed by atoms with Crippen molar-refractivity contribution in [3.05, 3.63) is 29.8 Å². The highest BCUT2D eigenvalue weighted by Gasteiger charge is 2.23. The summed E-state index contributed by atoms with van der Waals surface area (Å²) in [6.45, 7) is 2.82. The molecule has 1 aromatic rings. The maximum absolute atomic E-state index is 11.5. The zero-order valence-electron chi connectivity index (χ0n) is 13.0. The van der Waals surface area contributed by atoms with E-state index in [2.05, 4.69) is 15.5 Å². The lowest BCUT2D eigenvalue weighted by atomic mass is 9.97. The number of nitrogens with one attached hydrogen (secondary N) is 2. The number of piperidine rings is 1. The van der Waals surface area contributed by atoms with E-state index in [9.17, 15) is 9.59 Å². The van der Waals surface area contributed by atoms with E-state index in [1.165, 1.54) is 0 Å². The molecule has 0 saturated carbocycles. The summed E-state index contributed by atoms with van der Waals surface area (Å²) in [4.78, 5) is 25.0. The number of primary amides is 1. The number of nitrogens with two attached hydrogens (primary N) is 1. The van der Waals surface area contributed by atoms with Gasteiger partial charge in [0.15, 0.2) is 0 Å². The van der Waals surface area contributed by atoms with Crippen LogP contribution in [0, 0.1) is 5.92 Å². The third kappa shape index (κ3) is 4.82. The van der Waals surface area contributed by atoms with Crippen molar-refractivity contribution in [2.45, 2.75) is 19.4 Å². The molecule has 1 aliphatic heterocycles. The van der Waals surface area contributed by atoms with Crippen LogP contribution in [0.3, 0.4) is 0 Å². The highest BCUT2D eigenvalue weighted by atomic mass is 16.2. The number of hydrogen-bond donors (Lipinski definition) is 3. The predicted molar refractivity (Wildman–Crippen MR) is 86.2 cm³/mol. The van der Waals surface area contributed by atoms with Crippen molar-refractivity contribution in [2.75, 3.05) is 32.0 Å². The smallest absolute Gasteiger partial charge is 0.238 e. The van der Waals surface area contributed by atoms with Gasteiger partial charge in [-0.05, 0) is 44.1 Å². The van der Waals surface area contributed by atoms with Gasteiger partial charge in [0.2, 0.25) is 11.8 Å². The number of amides is 2. The van der Waals surface area contributed by atoms with E-state index in [-0.39, 0.29) is 17.7 Å². The molecule has 1 aromatic carbocycles. The molecule has 0 bridgehead atoms. The van der Waals surface area contributed by atoms with Gasteiger partial charge in [0.1, 0.15) is 0 Å². The minimum Gasteiger partial charge on any atom is -0.369 e. The molecule has 1 aliphatic rings. The molecule has 1 unspecified atom stereocenters. The maximum atomic E-state index is 11.5. The number of anilines is 1. The van der Waals surface area contributed by atoms with Crippen LogP contribution in [0.5, 0.6) is 0 Å². The Morgan fingerprint density at radius 3 is 2.68 bits per heavy atom. The average molecular weight is 304 g/mol. The van der Waals surface area contributed by atoms with E-state index < -0.39 is 0 Å². The molecule has 6 heteroatoms. The van der Waals surface area contributed by atoms with Crippen molar-refractivity contribution in [2.24, 2.45) is 11.7 Å². The number of carbonyl (C=O) groups excluding carboxylic acids is 2. The summed E-state index contributed by atoms with van der Waals surface area (Å²) in [6, 6.07) is 7.81. The highest BCUT2D eigenvalue weighted by molar-refractivity contribution is 5.92. The normalized spacial score (nSPS) is 18.9. The molecule has 6 nitrogen and oxygen atoms in total. The highest BCUT2D eigenvalue weighted by Crippen LogP contribution is 2.19. The van der Waals surface area contributed by atoms with Crippen LogP contribution in [0.25, 0.3) is 0 Å². The summed E-state index contributed by atoms with van der Waals surface area (Å²) >= 11 is 0. The van der Waals surface area contributed by atoms with Crippen LogP contribution in [-0.2, 0) is 16.1 Å². The summed E-state index contributed by atoms with van der Waals surface area (Å²) in [5.74, 6) is -0.295. The molecule has 120 valence electrons. The lowest BCUT2D eigenvalue weighted by Gasteiger charge is -2.31. The van der Waals surface area contributed by atoms with E-state index in [1.807, 2.05) is 24.3 Å². The molecule has 0 aromatic heterocycles. The molecular formula is C16H24N4O2. The van der Waals surface area contributed by atoms with E-state index in [0.29, 0.717) is 6.54 Å². The Morgan fingerprint density at radius 1 is 1.32 bits per heavy atom. The van der Waals surface area contributed by atoms with Gasteiger partial charge in [0, 0.05) is 18.8 Å². The number of nitrogens with zero attached hydrogens (tertiary/aromatic N) is 1. The number of carbonyl (C=O) groups is 2. The third-order valence-corrected chi connectivity index (χ3v) is 3.89. The van der Waals surface area contributed by atoms with Crippen molar-refractivity contribution in [1.29, 1.82) is 0 Å². The van der Waals surface area contributed by atoms with Gasteiger partial charge in [-0.15, -0.1) is 0 Å². The van der Waals surface area contributed by atoms with Crippen LogP contribution in [0.4, 0.5) is 5.69 Å². The molecule has 1 fully saturated rings. The van der Waals surface area contributed by atoms with Crippen molar-refractivity contribution in [1.82, 2.24) is 10.2 Å². The number of likely N-dealkylation sites (N-methyl/N-ethyl adjacent to an activating group) is 1. The Bertz CT molecular complexity index is 515. The first-order valence-corrected chi connectivity index (χ1v) is 7.63. The minimum atomic E-state index is -0.202. The summed E-state index contributed by atoms with van der Waals surface area (Å²) in [5, 5.41) is 5.63. The Kier molecular flexibility index (Phi) is 5.91. The van der Waals surface area contributed by atoms with Gasteiger partial charge in [0.25, 0.3) is 0 Å². The standard InChI is InChI=1S/C16H24N4O2/c1-18-9-15(21)19-14-6-4-12(5-7-14)10-20-8-2-3-13(11-20)16(17)22/h4-7,13,18H,2-3,8-11H2,1H3,(H2,17,22)(H,19,21). The number of benzene rings is 1. The average Bonchev–Trinajstić information content (AvgIpc) is 2.50.